The van der Waals surface area contributed by atoms with Gasteiger partial charge < -0.3 is 24.6 Å². The predicted molar refractivity (Wildman–Crippen MR) is 136 cm³/mol. The summed E-state index contributed by atoms with van der Waals surface area (Å²) >= 11 is 0. The molecule has 3 unspecified atom stereocenters. The van der Waals surface area contributed by atoms with Gasteiger partial charge in [0.2, 0.25) is 0 Å². The van der Waals surface area contributed by atoms with Crippen molar-refractivity contribution in [2.24, 2.45) is 5.92 Å². The Bertz CT molecular complexity index is 1050. The Balaban J connectivity index is 1.34. The SMILES string of the molecule is CO[C@@]12CC[C@@H](NC(C)CC(=O)OC(C)(C)C)[C@@H]3Oc4c(O)ccc5c4C31CCN(CC1CC1)C2C5. The standard InChI is InChI=1S/C29H42N2O5/c1-17(14-23(33)36-27(2,3)4)30-20-10-11-29(34-5)22-15-19-8-9-21(32)25-24(19)28(29,26(20)35-25)12-13-31(22)16-18-6-7-18/h8-9,17-18,20,22,26,30,32H,6-7,10-16H2,1-5H3/t17?,20-,22?,26+,28?,29-/m1/s1. The number of piperidine rings is 1. The van der Waals surface area contributed by atoms with Gasteiger partial charge in [-0.2, -0.15) is 0 Å². The van der Waals surface area contributed by atoms with E-state index in [4.69, 9.17) is 14.2 Å². The number of aromatic hydroxyl groups is 1. The topological polar surface area (TPSA) is 80.3 Å². The van der Waals surface area contributed by atoms with Crippen LogP contribution in [-0.2, 0) is 26.1 Å². The van der Waals surface area contributed by atoms with Crippen molar-refractivity contribution in [2.75, 3.05) is 20.2 Å². The molecule has 7 nitrogen and oxygen atoms in total. The van der Waals surface area contributed by atoms with Crippen LogP contribution in [-0.4, -0.2) is 71.6 Å². The van der Waals surface area contributed by atoms with E-state index in [9.17, 15) is 9.90 Å². The van der Waals surface area contributed by atoms with E-state index in [0.29, 0.717) is 18.2 Å². The molecular weight excluding hydrogens is 456 g/mol. The molecule has 1 spiro atoms. The summed E-state index contributed by atoms with van der Waals surface area (Å²) in [6, 6.07) is 4.23. The number of likely N-dealkylation sites (tertiary alicyclic amines) is 1. The number of hydrogen-bond donors (Lipinski definition) is 2. The maximum atomic E-state index is 12.5. The van der Waals surface area contributed by atoms with Crippen molar-refractivity contribution in [3.63, 3.8) is 0 Å². The molecule has 0 aromatic heterocycles. The fraction of sp³-hybridized carbons (Fsp3) is 0.759. The van der Waals surface area contributed by atoms with E-state index in [1.807, 2.05) is 34.8 Å². The molecule has 2 heterocycles. The fourth-order valence-electron chi connectivity index (χ4n) is 8.10. The summed E-state index contributed by atoms with van der Waals surface area (Å²) in [6.45, 7) is 9.93. The first kappa shape index (κ1) is 24.5. The van der Waals surface area contributed by atoms with Crippen molar-refractivity contribution >= 4 is 5.97 Å². The fourth-order valence-corrected chi connectivity index (χ4v) is 8.10. The second kappa shape index (κ2) is 8.34. The highest BCUT2D eigenvalue weighted by Crippen LogP contribution is 2.66. The first-order chi connectivity index (χ1) is 17.1. The number of hydrogen-bond acceptors (Lipinski definition) is 7. The van der Waals surface area contributed by atoms with Gasteiger partial charge >= 0.3 is 5.97 Å². The molecule has 2 aliphatic heterocycles. The van der Waals surface area contributed by atoms with Crippen LogP contribution in [0.3, 0.4) is 0 Å². The molecule has 0 radical (unpaired) electrons. The third-order valence-corrected chi connectivity index (χ3v) is 9.48. The average Bonchev–Trinajstić information content (AvgIpc) is 3.54. The molecule has 2 bridgehead atoms. The van der Waals surface area contributed by atoms with Crippen molar-refractivity contribution in [1.82, 2.24) is 10.2 Å². The van der Waals surface area contributed by atoms with Crippen LogP contribution >= 0.6 is 0 Å². The van der Waals surface area contributed by atoms with E-state index in [1.54, 1.807) is 6.07 Å². The summed E-state index contributed by atoms with van der Waals surface area (Å²) in [5, 5.41) is 14.6. The van der Waals surface area contributed by atoms with Gasteiger partial charge in [0.15, 0.2) is 11.5 Å². The molecule has 5 aliphatic rings. The molecule has 3 aliphatic carbocycles. The Kier molecular flexibility index (Phi) is 5.67. The van der Waals surface area contributed by atoms with Crippen molar-refractivity contribution in [2.45, 2.75) is 113 Å². The molecule has 6 atom stereocenters. The number of phenolic OH excluding ortho intramolecular Hbond substituents is 1. The number of methoxy groups -OCH3 is 1. The molecule has 1 saturated heterocycles. The Morgan fingerprint density at radius 3 is 2.75 bits per heavy atom. The first-order valence-corrected chi connectivity index (χ1v) is 13.9. The Hall–Kier alpha value is -1.83. The molecule has 7 heteroatoms. The largest absolute Gasteiger partial charge is 0.504 e. The summed E-state index contributed by atoms with van der Waals surface area (Å²) in [6.07, 6.45) is 6.57. The van der Waals surface area contributed by atoms with Crippen LogP contribution in [0.5, 0.6) is 11.5 Å². The van der Waals surface area contributed by atoms with Crippen LogP contribution in [0.25, 0.3) is 0 Å². The van der Waals surface area contributed by atoms with E-state index in [0.717, 1.165) is 44.7 Å². The molecule has 2 N–H and O–H groups in total. The highest BCUT2D eigenvalue weighted by molar-refractivity contribution is 5.70. The third-order valence-electron chi connectivity index (χ3n) is 9.48. The number of carbonyl (C=O) groups excluding carboxylic acids is 1. The summed E-state index contributed by atoms with van der Waals surface area (Å²) in [4.78, 5) is 15.2. The van der Waals surface area contributed by atoms with Gasteiger partial charge in [-0.3, -0.25) is 9.69 Å². The van der Waals surface area contributed by atoms with E-state index in [-0.39, 0.29) is 40.9 Å². The maximum Gasteiger partial charge on any atom is 0.307 e. The van der Waals surface area contributed by atoms with Gasteiger partial charge in [-0.15, -0.1) is 0 Å². The molecule has 6 rings (SSSR count). The summed E-state index contributed by atoms with van der Waals surface area (Å²) in [7, 11) is 1.89. The van der Waals surface area contributed by atoms with Crippen molar-refractivity contribution in [3.8, 4) is 11.5 Å². The van der Waals surface area contributed by atoms with Crippen molar-refractivity contribution in [1.29, 1.82) is 0 Å². The lowest BCUT2D eigenvalue weighted by Gasteiger charge is -2.66. The molecule has 1 aromatic rings. The van der Waals surface area contributed by atoms with Crippen LogP contribution in [0.4, 0.5) is 0 Å². The van der Waals surface area contributed by atoms with Crippen LogP contribution in [0.1, 0.15) is 77.3 Å². The van der Waals surface area contributed by atoms with Gasteiger partial charge in [0.05, 0.1) is 17.4 Å². The minimum Gasteiger partial charge on any atom is -0.504 e. The average molecular weight is 499 g/mol. The van der Waals surface area contributed by atoms with Crippen LogP contribution < -0.4 is 10.1 Å². The van der Waals surface area contributed by atoms with E-state index in [2.05, 4.69) is 16.3 Å². The molecule has 0 amide bonds. The van der Waals surface area contributed by atoms with Gasteiger partial charge in [-0.1, -0.05) is 6.07 Å². The Morgan fingerprint density at radius 2 is 2.06 bits per heavy atom. The number of nitrogens with one attached hydrogen (secondary N) is 1. The normalized spacial score (nSPS) is 35.6. The Labute approximate surface area is 214 Å². The van der Waals surface area contributed by atoms with E-state index < -0.39 is 5.60 Å². The van der Waals surface area contributed by atoms with E-state index >= 15 is 0 Å². The van der Waals surface area contributed by atoms with Crippen LogP contribution in [0, 0.1) is 5.92 Å². The molecule has 198 valence electrons. The van der Waals surface area contributed by atoms with Gasteiger partial charge in [-0.05, 0) is 90.3 Å². The third kappa shape index (κ3) is 3.60. The number of esters is 1. The lowest BCUT2D eigenvalue weighted by Crippen LogP contribution is -2.78. The van der Waals surface area contributed by atoms with Gasteiger partial charge in [-0.25, -0.2) is 0 Å². The first-order valence-electron chi connectivity index (χ1n) is 13.9. The van der Waals surface area contributed by atoms with Crippen LogP contribution in [0.15, 0.2) is 12.1 Å². The number of carbonyl (C=O) groups is 1. The lowest BCUT2D eigenvalue weighted by molar-refractivity contribution is -0.208. The number of nitrogens with zero attached hydrogens (tertiary/aromatic N) is 1. The second-order valence-electron chi connectivity index (χ2n) is 13.0. The molecule has 2 saturated carbocycles. The zero-order chi connectivity index (χ0) is 25.5. The number of rotatable bonds is 7. The van der Waals surface area contributed by atoms with Crippen molar-refractivity contribution in [3.05, 3.63) is 23.3 Å². The zero-order valence-corrected chi connectivity index (χ0v) is 22.4. The summed E-state index contributed by atoms with van der Waals surface area (Å²) in [5.74, 6) is 1.51. The van der Waals surface area contributed by atoms with Gasteiger partial charge in [0, 0.05) is 37.3 Å². The molecule has 36 heavy (non-hydrogen) atoms. The zero-order valence-electron chi connectivity index (χ0n) is 22.4. The highest BCUT2D eigenvalue weighted by Gasteiger charge is 2.73. The smallest absolute Gasteiger partial charge is 0.307 e. The van der Waals surface area contributed by atoms with Gasteiger partial charge in [0.25, 0.3) is 0 Å². The summed E-state index contributed by atoms with van der Waals surface area (Å²) < 4.78 is 18.9. The molecular formula is C29H42N2O5. The minimum absolute atomic E-state index is 0.0500. The Morgan fingerprint density at radius 1 is 1.28 bits per heavy atom. The van der Waals surface area contributed by atoms with Crippen molar-refractivity contribution < 1.29 is 24.1 Å². The second-order valence-corrected chi connectivity index (χ2v) is 13.0. The predicted octanol–water partition coefficient (Wildman–Crippen LogP) is 3.69. The van der Waals surface area contributed by atoms with Crippen LogP contribution in [0.2, 0.25) is 0 Å². The lowest BCUT2D eigenvalue weighted by atomic mass is 9.48. The summed E-state index contributed by atoms with van der Waals surface area (Å²) in [5.41, 5.74) is 1.34. The quantitative estimate of drug-likeness (QED) is 0.555. The number of phenols is 1. The van der Waals surface area contributed by atoms with Gasteiger partial charge in [0.1, 0.15) is 11.7 Å². The molecule has 3 fully saturated rings. The number of benzene rings is 1. The highest BCUT2D eigenvalue weighted by atomic mass is 16.6. The van der Waals surface area contributed by atoms with E-state index in [1.165, 1.54) is 24.0 Å². The minimum atomic E-state index is -0.492. The monoisotopic (exact) mass is 498 g/mol. The number of ether oxygens (including phenoxy) is 3. The maximum absolute atomic E-state index is 12.5. The molecule has 1 aromatic carbocycles.